The highest BCUT2D eigenvalue weighted by atomic mass is 35.5. The molecule has 0 radical (unpaired) electrons. The lowest BCUT2D eigenvalue weighted by Crippen LogP contribution is -2.42. The SMILES string of the molecule is NCc1ccc(OCC(=O)NC2CS(=O)(=O)CC2Cl)cc1. The van der Waals surface area contributed by atoms with Crippen LogP contribution in [0.5, 0.6) is 5.75 Å². The molecule has 6 nitrogen and oxygen atoms in total. The van der Waals surface area contributed by atoms with Crippen molar-refractivity contribution in [2.24, 2.45) is 5.73 Å². The van der Waals surface area contributed by atoms with E-state index in [1.165, 1.54) is 0 Å². The van der Waals surface area contributed by atoms with E-state index < -0.39 is 27.2 Å². The first-order valence-electron chi connectivity index (χ1n) is 6.45. The van der Waals surface area contributed by atoms with Crippen molar-refractivity contribution in [2.45, 2.75) is 18.0 Å². The summed E-state index contributed by atoms with van der Waals surface area (Å²) in [6.07, 6.45) is 0. The van der Waals surface area contributed by atoms with Crippen molar-refractivity contribution in [3.8, 4) is 5.75 Å². The molecule has 0 bridgehead atoms. The second-order valence-electron chi connectivity index (χ2n) is 4.90. The zero-order chi connectivity index (χ0) is 15.5. The highest BCUT2D eigenvalue weighted by Gasteiger charge is 2.37. The molecule has 1 amide bonds. The number of amides is 1. The third-order valence-corrected chi connectivity index (χ3v) is 5.53. The van der Waals surface area contributed by atoms with Gasteiger partial charge in [-0.05, 0) is 17.7 Å². The minimum atomic E-state index is -3.16. The number of alkyl halides is 1. The predicted octanol–water partition coefficient (Wildman–Crippen LogP) is 0.0447. The molecule has 116 valence electrons. The van der Waals surface area contributed by atoms with E-state index in [4.69, 9.17) is 22.1 Å². The summed E-state index contributed by atoms with van der Waals surface area (Å²) in [6, 6.07) is 6.50. The molecule has 21 heavy (non-hydrogen) atoms. The van der Waals surface area contributed by atoms with Crippen LogP contribution < -0.4 is 15.8 Å². The van der Waals surface area contributed by atoms with Gasteiger partial charge in [-0.15, -0.1) is 11.6 Å². The molecule has 2 rings (SSSR count). The number of hydrogen-bond acceptors (Lipinski definition) is 5. The van der Waals surface area contributed by atoms with Crippen LogP contribution in [-0.4, -0.2) is 43.9 Å². The Labute approximate surface area is 128 Å². The van der Waals surface area contributed by atoms with Crippen LogP contribution in [0.15, 0.2) is 24.3 Å². The van der Waals surface area contributed by atoms with Gasteiger partial charge in [-0.1, -0.05) is 12.1 Å². The Morgan fingerprint density at radius 2 is 2.00 bits per heavy atom. The topological polar surface area (TPSA) is 98.5 Å². The summed E-state index contributed by atoms with van der Waals surface area (Å²) in [4.78, 5) is 11.7. The van der Waals surface area contributed by atoms with Crippen molar-refractivity contribution in [2.75, 3.05) is 18.1 Å². The first-order chi connectivity index (χ1) is 9.89. The molecular weight excluding hydrogens is 316 g/mol. The number of carbonyl (C=O) groups is 1. The zero-order valence-corrected chi connectivity index (χ0v) is 12.9. The average Bonchev–Trinajstić information content (AvgIpc) is 2.69. The predicted molar refractivity (Wildman–Crippen MR) is 80.1 cm³/mol. The number of nitrogens with two attached hydrogens (primary N) is 1. The smallest absolute Gasteiger partial charge is 0.258 e. The monoisotopic (exact) mass is 332 g/mol. The Bertz CT molecular complexity index is 603. The molecule has 8 heteroatoms. The molecule has 0 aliphatic carbocycles. The van der Waals surface area contributed by atoms with E-state index in [9.17, 15) is 13.2 Å². The molecular formula is C13H17ClN2O4S. The van der Waals surface area contributed by atoms with E-state index in [2.05, 4.69) is 5.32 Å². The maximum atomic E-state index is 11.7. The van der Waals surface area contributed by atoms with E-state index in [-0.39, 0.29) is 18.1 Å². The van der Waals surface area contributed by atoms with Crippen molar-refractivity contribution in [3.63, 3.8) is 0 Å². The van der Waals surface area contributed by atoms with Gasteiger partial charge in [-0.25, -0.2) is 8.42 Å². The summed E-state index contributed by atoms with van der Waals surface area (Å²) in [5, 5.41) is 1.99. The van der Waals surface area contributed by atoms with Crippen LogP contribution in [0.1, 0.15) is 5.56 Å². The fourth-order valence-corrected chi connectivity index (χ4v) is 4.61. The molecule has 1 fully saturated rings. The van der Waals surface area contributed by atoms with Gasteiger partial charge in [0.05, 0.1) is 22.9 Å². The molecule has 0 saturated carbocycles. The second kappa shape index (κ2) is 6.64. The van der Waals surface area contributed by atoms with Crippen molar-refractivity contribution in [3.05, 3.63) is 29.8 Å². The van der Waals surface area contributed by atoms with Crippen molar-refractivity contribution < 1.29 is 17.9 Å². The molecule has 2 atom stereocenters. The molecule has 2 unspecified atom stereocenters. The molecule has 0 aromatic heterocycles. The van der Waals surface area contributed by atoms with Crippen molar-refractivity contribution in [1.29, 1.82) is 0 Å². The van der Waals surface area contributed by atoms with Gasteiger partial charge in [0.2, 0.25) is 0 Å². The Morgan fingerprint density at radius 1 is 1.33 bits per heavy atom. The quantitative estimate of drug-likeness (QED) is 0.742. The molecule has 1 aliphatic heterocycles. The number of nitrogens with one attached hydrogen (secondary N) is 1. The Balaban J connectivity index is 1.82. The maximum Gasteiger partial charge on any atom is 0.258 e. The van der Waals surface area contributed by atoms with Gasteiger partial charge in [0, 0.05) is 6.54 Å². The van der Waals surface area contributed by atoms with E-state index in [1.807, 2.05) is 12.1 Å². The number of carbonyl (C=O) groups excluding carboxylic acids is 1. The van der Waals surface area contributed by atoms with Gasteiger partial charge in [0.1, 0.15) is 5.75 Å². The molecule has 1 aromatic rings. The van der Waals surface area contributed by atoms with Crippen LogP contribution in [0.25, 0.3) is 0 Å². The number of halogens is 1. The lowest BCUT2D eigenvalue weighted by molar-refractivity contribution is -0.123. The summed E-state index contributed by atoms with van der Waals surface area (Å²) in [5.41, 5.74) is 6.45. The van der Waals surface area contributed by atoms with Crippen molar-refractivity contribution >= 4 is 27.3 Å². The van der Waals surface area contributed by atoms with E-state index >= 15 is 0 Å². The summed E-state index contributed by atoms with van der Waals surface area (Å²) in [5.74, 6) is -0.0894. The number of benzene rings is 1. The molecule has 1 aromatic carbocycles. The van der Waals surface area contributed by atoms with Crippen LogP contribution in [-0.2, 0) is 21.2 Å². The standard InChI is InChI=1S/C13H17ClN2O4S/c14-11-7-21(18,19)8-12(11)16-13(17)6-20-10-3-1-9(5-15)2-4-10/h1-4,11-12H,5-8,15H2,(H,16,17). The molecule has 1 aliphatic rings. The van der Waals surface area contributed by atoms with E-state index in [1.54, 1.807) is 12.1 Å². The van der Waals surface area contributed by atoms with Gasteiger partial charge >= 0.3 is 0 Å². The van der Waals surface area contributed by atoms with Crippen LogP contribution in [0, 0.1) is 0 Å². The Kier molecular flexibility index (Phi) is 5.08. The number of hydrogen-bond donors (Lipinski definition) is 2. The largest absolute Gasteiger partial charge is 0.484 e. The minimum absolute atomic E-state index is 0.110. The first-order valence-corrected chi connectivity index (χ1v) is 8.71. The number of rotatable bonds is 5. The van der Waals surface area contributed by atoms with Gasteiger partial charge < -0.3 is 15.8 Å². The highest BCUT2D eigenvalue weighted by Crippen LogP contribution is 2.18. The summed E-state index contributed by atoms with van der Waals surface area (Å²) in [7, 11) is -3.16. The number of ether oxygens (including phenoxy) is 1. The first kappa shape index (κ1) is 16.1. The highest BCUT2D eigenvalue weighted by molar-refractivity contribution is 7.91. The molecule has 1 heterocycles. The molecule has 1 saturated heterocycles. The summed E-state index contributed by atoms with van der Waals surface area (Å²) in [6.45, 7) is 0.246. The summed E-state index contributed by atoms with van der Waals surface area (Å²) < 4.78 is 28.1. The Hall–Kier alpha value is -1.31. The van der Waals surface area contributed by atoms with Crippen LogP contribution in [0.4, 0.5) is 0 Å². The van der Waals surface area contributed by atoms with E-state index in [0.29, 0.717) is 12.3 Å². The van der Waals surface area contributed by atoms with Crippen LogP contribution in [0.3, 0.4) is 0 Å². The second-order valence-corrected chi connectivity index (χ2v) is 7.62. The fraction of sp³-hybridized carbons (Fsp3) is 0.462. The summed E-state index contributed by atoms with van der Waals surface area (Å²) >= 11 is 5.91. The van der Waals surface area contributed by atoms with Gasteiger partial charge in [-0.2, -0.15) is 0 Å². The molecule has 0 spiro atoms. The number of sulfone groups is 1. The maximum absolute atomic E-state index is 11.7. The van der Waals surface area contributed by atoms with Crippen LogP contribution in [0.2, 0.25) is 0 Å². The fourth-order valence-electron chi connectivity index (χ4n) is 2.06. The lowest BCUT2D eigenvalue weighted by Gasteiger charge is -2.14. The van der Waals surface area contributed by atoms with Gasteiger partial charge in [0.15, 0.2) is 16.4 Å². The minimum Gasteiger partial charge on any atom is -0.484 e. The van der Waals surface area contributed by atoms with Crippen molar-refractivity contribution in [1.82, 2.24) is 5.32 Å². The third-order valence-electron chi connectivity index (χ3n) is 3.16. The van der Waals surface area contributed by atoms with Gasteiger partial charge in [0.25, 0.3) is 5.91 Å². The van der Waals surface area contributed by atoms with E-state index in [0.717, 1.165) is 5.56 Å². The average molecular weight is 333 g/mol. The Morgan fingerprint density at radius 3 is 2.52 bits per heavy atom. The van der Waals surface area contributed by atoms with Crippen LogP contribution >= 0.6 is 11.6 Å². The zero-order valence-electron chi connectivity index (χ0n) is 11.3. The lowest BCUT2D eigenvalue weighted by atomic mass is 10.2. The molecule has 3 N–H and O–H groups in total. The third kappa shape index (κ3) is 4.59. The van der Waals surface area contributed by atoms with Gasteiger partial charge in [-0.3, -0.25) is 4.79 Å². The normalized spacial score (nSPS) is 23.7.